The second kappa shape index (κ2) is 15.3. The summed E-state index contributed by atoms with van der Waals surface area (Å²) >= 11 is 1.93. The minimum absolute atomic E-state index is 0.0240. The predicted octanol–water partition coefficient (Wildman–Crippen LogP) is 17.9. The van der Waals surface area contributed by atoms with Crippen LogP contribution in [0.2, 0.25) is 0 Å². The average molecular weight is 965 g/mol. The van der Waals surface area contributed by atoms with Crippen molar-refractivity contribution in [3.63, 3.8) is 0 Å². The lowest BCUT2D eigenvalue weighted by atomic mass is 9.43. The molecule has 1 aliphatic carbocycles. The fraction of sp³-hybridized carbons (Fsp3) is 0.235. The summed E-state index contributed by atoms with van der Waals surface area (Å²) in [6.45, 7) is 23.8. The minimum Gasteiger partial charge on any atom is -0.454 e. The van der Waals surface area contributed by atoms with E-state index in [1.807, 2.05) is 11.8 Å². The zero-order chi connectivity index (χ0) is 50.1. The van der Waals surface area contributed by atoms with Crippen molar-refractivity contribution >= 4 is 90.7 Å². The summed E-state index contributed by atoms with van der Waals surface area (Å²) in [4.78, 5) is 8.07. The van der Waals surface area contributed by atoms with Gasteiger partial charge in [0, 0.05) is 59.9 Å². The van der Waals surface area contributed by atoms with Gasteiger partial charge in [-0.25, -0.2) is 0 Å². The summed E-state index contributed by atoms with van der Waals surface area (Å²) in [5.41, 5.74) is 23.4. The Hall–Kier alpha value is -6.95. The van der Waals surface area contributed by atoms with Gasteiger partial charge in [-0.1, -0.05) is 183 Å². The van der Waals surface area contributed by atoms with Gasteiger partial charge in [0.2, 0.25) is 0 Å². The highest BCUT2D eigenvalue weighted by atomic mass is 32.2. The molecule has 5 heteroatoms. The van der Waals surface area contributed by atoms with Crippen molar-refractivity contribution in [1.29, 1.82) is 0 Å². The quantitative estimate of drug-likeness (QED) is 0.164. The highest BCUT2D eigenvalue weighted by molar-refractivity contribution is 7.99. The lowest BCUT2D eigenvalue weighted by Gasteiger charge is -2.48. The summed E-state index contributed by atoms with van der Waals surface area (Å²) in [5, 5.41) is 4.74. The van der Waals surface area contributed by atoms with Crippen LogP contribution in [0.3, 0.4) is 0 Å². The third kappa shape index (κ3) is 6.40. The Morgan fingerprint density at radius 3 is 2.01 bits per heavy atom. The number of fused-ring (bicyclic) bond motifs is 13. The van der Waals surface area contributed by atoms with Gasteiger partial charge in [0.1, 0.15) is 5.58 Å². The number of rotatable bonds is 3. The Morgan fingerprint density at radius 2 is 1.23 bits per heavy atom. The second-order valence-electron chi connectivity index (χ2n) is 24.4. The molecule has 0 radical (unpaired) electrons. The topological polar surface area (TPSA) is 19.6 Å². The molecule has 3 nitrogen and oxygen atoms in total. The van der Waals surface area contributed by atoms with Crippen molar-refractivity contribution < 1.29 is 4.42 Å². The van der Waals surface area contributed by atoms with Crippen LogP contribution in [0.1, 0.15) is 109 Å². The lowest BCUT2D eigenvalue weighted by molar-refractivity contribution is 0.332. The fourth-order valence-electron chi connectivity index (χ4n) is 13.4. The van der Waals surface area contributed by atoms with Crippen LogP contribution in [0.15, 0.2) is 178 Å². The third-order valence-corrected chi connectivity index (χ3v) is 18.7. The molecule has 3 aliphatic heterocycles. The first kappa shape index (κ1) is 44.7. The van der Waals surface area contributed by atoms with Gasteiger partial charge in [-0.05, 0) is 157 Å². The SMILES string of the molecule is Cc1cc2c(cc1N1c3cc4c(cc3B3c5c1cc1ccccc1c5-c1ccc5c(oc6ccccc65)c1N3c1ccc(C(C)(C)C)cc1-c1ccccc1)Sc1ccccc1C4(C)C)C(C)(C)CCC2(C)C. The Kier molecular flexibility index (Phi) is 9.38. The number of furan rings is 1. The second-order valence-corrected chi connectivity index (χ2v) is 25.5. The van der Waals surface area contributed by atoms with Gasteiger partial charge >= 0.3 is 6.85 Å². The average Bonchev–Trinajstić information content (AvgIpc) is 3.78. The van der Waals surface area contributed by atoms with Crippen molar-refractivity contribution in [2.45, 2.75) is 114 Å². The zero-order valence-corrected chi connectivity index (χ0v) is 44.6. The molecule has 0 fully saturated rings. The van der Waals surface area contributed by atoms with Gasteiger partial charge in [-0.15, -0.1) is 0 Å². The van der Waals surface area contributed by atoms with Crippen molar-refractivity contribution in [2.75, 3.05) is 9.71 Å². The van der Waals surface area contributed by atoms with Gasteiger partial charge < -0.3 is 14.1 Å². The molecule has 4 heterocycles. The number of anilines is 5. The summed E-state index contributed by atoms with van der Waals surface area (Å²) in [6, 6.07) is 62.8. The summed E-state index contributed by atoms with van der Waals surface area (Å²) in [6.07, 6.45) is 2.33. The first-order valence-electron chi connectivity index (χ1n) is 26.4. The van der Waals surface area contributed by atoms with Crippen molar-refractivity contribution in [2.24, 2.45) is 0 Å². The van der Waals surface area contributed by atoms with E-state index in [9.17, 15) is 0 Å². The number of hydrogen-bond donors (Lipinski definition) is 0. The molecule has 0 N–H and O–H groups in total. The highest BCUT2D eigenvalue weighted by Gasteiger charge is 2.50. The summed E-state index contributed by atoms with van der Waals surface area (Å²) < 4.78 is 7.28. The summed E-state index contributed by atoms with van der Waals surface area (Å²) in [5.74, 6) is 0. The van der Waals surface area contributed by atoms with Crippen LogP contribution < -0.4 is 20.6 Å². The zero-order valence-electron chi connectivity index (χ0n) is 43.8. The maximum atomic E-state index is 7.28. The van der Waals surface area contributed by atoms with Gasteiger partial charge in [0.05, 0.1) is 5.69 Å². The standard InChI is InChI=1S/C68H61BN2OS/c1-40-34-50-51(67(7,8)33-32-66(50,5)6)37-55(40)70-56-38-52-60(73-59-27-19-17-25-49(59)68(52,9)10)39-53(56)69-62-57(70)35-42-22-14-15-23-44(42)61(62)47-30-29-46-45-24-16-18-26-58(45)72-64(46)63(47)71(69)54-31-28-43(65(2,3)4)36-48(54)41-20-12-11-13-21-41/h11-31,34-39H,32-33H2,1-10H3. The van der Waals surface area contributed by atoms with E-state index in [1.165, 1.54) is 111 Å². The molecule has 0 saturated heterocycles. The number of para-hydroxylation sites is 1. The number of nitrogens with zero attached hydrogens (tertiary/aromatic N) is 2. The molecular weight excluding hydrogens is 904 g/mol. The van der Waals surface area contributed by atoms with E-state index in [1.54, 1.807) is 0 Å². The maximum Gasteiger partial charge on any atom is 0.333 e. The molecule has 10 aromatic rings. The first-order chi connectivity index (χ1) is 35.0. The number of hydrogen-bond acceptors (Lipinski definition) is 4. The fourth-order valence-corrected chi connectivity index (χ4v) is 14.9. The molecule has 73 heavy (non-hydrogen) atoms. The van der Waals surface area contributed by atoms with Gasteiger partial charge in [0.15, 0.2) is 5.58 Å². The highest BCUT2D eigenvalue weighted by Crippen LogP contribution is 2.57. The molecule has 1 aromatic heterocycles. The monoisotopic (exact) mass is 964 g/mol. The molecule has 14 rings (SSSR count). The van der Waals surface area contributed by atoms with Gasteiger partial charge in [-0.2, -0.15) is 0 Å². The maximum absolute atomic E-state index is 7.28. The lowest BCUT2D eigenvalue weighted by Crippen LogP contribution is -2.62. The van der Waals surface area contributed by atoms with E-state index >= 15 is 0 Å². The van der Waals surface area contributed by atoms with Crippen molar-refractivity contribution in [3.05, 3.63) is 197 Å². The van der Waals surface area contributed by atoms with Crippen molar-refractivity contribution in [3.8, 4) is 22.3 Å². The predicted molar refractivity (Wildman–Crippen MR) is 312 cm³/mol. The molecule has 0 saturated carbocycles. The molecular formula is C68H61BN2OS. The van der Waals surface area contributed by atoms with Gasteiger partial charge in [0.25, 0.3) is 0 Å². The molecule has 0 unspecified atom stereocenters. The number of aryl methyl sites for hydroxylation is 1. The van der Waals surface area contributed by atoms with Crippen LogP contribution in [0, 0.1) is 6.92 Å². The van der Waals surface area contributed by atoms with Crippen LogP contribution in [-0.2, 0) is 21.7 Å². The third-order valence-electron chi connectivity index (χ3n) is 17.6. The number of benzene rings is 9. The Labute approximate surface area is 435 Å². The Morgan fingerprint density at radius 1 is 0.548 bits per heavy atom. The molecule has 9 aromatic carbocycles. The normalized spacial score (nSPS) is 16.7. The van der Waals surface area contributed by atoms with E-state index < -0.39 is 0 Å². The van der Waals surface area contributed by atoms with Crippen LogP contribution in [0.5, 0.6) is 0 Å². The van der Waals surface area contributed by atoms with Gasteiger partial charge in [-0.3, -0.25) is 0 Å². The van der Waals surface area contributed by atoms with Crippen LogP contribution in [-0.4, -0.2) is 6.85 Å². The molecule has 4 aliphatic rings. The Bertz CT molecular complexity index is 4000. The van der Waals surface area contributed by atoms with Crippen LogP contribution in [0.4, 0.5) is 28.4 Å². The smallest absolute Gasteiger partial charge is 0.333 e. The molecule has 0 spiro atoms. The Balaban J connectivity index is 1.17. The van der Waals surface area contributed by atoms with Crippen LogP contribution >= 0.6 is 11.8 Å². The van der Waals surface area contributed by atoms with E-state index in [-0.39, 0.29) is 28.5 Å². The largest absolute Gasteiger partial charge is 0.454 e. The molecule has 358 valence electrons. The molecule has 0 amide bonds. The molecule has 0 atom stereocenters. The van der Waals surface area contributed by atoms with E-state index in [2.05, 4.69) is 243 Å². The molecule has 0 bridgehead atoms. The van der Waals surface area contributed by atoms with Crippen molar-refractivity contribution in [1.82, 2.24) is 0 Å². The minimum atomic E-state index is -0.244. The van der Waals surface area contributed by atoms with E-state index in [0.717, 1.165) is 39.7 Å². The first-order valence-corrected chi connectivity index (χ1v) is 27.2. The van der Waals surface area contributed by atoms with E-state index in [0.29, 0.717) is 0 Å². The summed E-state index contributed by atoms with van der Waals surface area (Å²) in [7, 11) is 0. The van der Waals surface area contributed by atoms with E-state index in [4.69, 9.17) is 4.42 Å². The van der Waals surface area contributed by atoms with Crippen LogP contribution in [0.25, 0.3) is 55.0 Å².